The molecule has 0 aliphatic carbocycles. The van der Waals surface area contributed by atoms with Crippen molar-refractivity contribution in [2.45, 2.75) is 20.8 Å². The molecule has 0 aliphatic rings. The van der Waals surface area contributed by atoms with Crippen LogP contribution in [0, 0.1) is 13.8 Å². The van der Waals surface area contributed by atoms with Crippen LogP contribution in [-0.4, -0.2) is 17.9 Å². The van der Waals surface area contributed by atoms with Gasteiger partial charge in [0, 0.05) is 11.3 Å². The summed E-state index contributed by atoms with van der Waals surface area (Å²) in [7, 11) is 0. The molecule has 0 spiro atoms. The zero-order valence-corrected chi connectivity index (χ0v) is 14.4. The molecule has 0 aromatic heterocycles. The van der Waals surface area contributed by atoms with E-state index in [1.807, 2.05) is 63.2 Å². The maximum Gasteiger partial charge on any atom is 0.191 e. The third-order valence-electron chi connectivity index (χ3n) is 3.31. The summed E-state index contributed by atoms with van der Waals surface area (Å²) in [6, 6.07) is 13.8. The minimum Gasteiger partial charge on any atom is -0.493 e. The molecule has 0 fully saturated rings. The minimum atomic E-state index is 0.451. The van der Waals surface area contributed by atoms with E-state index in [1.54, 1.807) is 6.21 Å². The van der Waals surface area contributed by atoms with Crippen LogP contribution in [0.3, 0.4) is 0 Å². The number of hydrogen-bond acceptors (Lipinski definition) is 3. The van der Waals surface area contributed by atoms with E-state index in [2.05, 4.69) is 15.8 Å². The predicted octanol–water partition coefficient (Wildman–Crippen LogP) is 4.02. The molecule has 0 atom stereocenters. The number of ether oxygens (including phenoxy) is 1. The van der Waals surface area contributed by atoms with Crippen LogP contribution in [0.25, 0.3) is 0 Å². The summed E-state index contributed by atoms with van der Waals surface area (Å²) in [5, 5.41) is 7.81. The van der Waals surface area contributed by atoms with E-state index >= 15 is 0 Å². The lowest BCUT2D eigenvalue weighted by molar-refractivity contribution is 0.340. The maximum absolute atomic E-state index is 5.55. The summed E-state index contributed by atoms with van der Waals surface area (Å²) in [6.07, 6.45) is 1.70. The molecule has 120 valence electrons. The zero-order valence-electron chi connectivity index (χ0n) is 13.6. The Labute approximate surface area is 142 Å². The lowest BCUT2D eigenvalue weighted by Crippen LogP contribution is -2.24. The fraction of sp³-hybridized carbons (Fsp3) is 0.222. The van der Waals surface area contributed by atoms with E-state index in [0.29, 0.717) is 11.7 Å². The van der Waals surface area contributed by atoms with Gasteiger partial charge >= 0.3 is 0 Å². The number of rotatable bonds is 5. The van der Waals surface area contributed by atoms with Crippen molar-refractivity contribution < 1.29 is 4.74 Å². The Bertz CT molecular complexity index is 693. The summed E-state index contributed by atoms with van der Waals surface area (Å²) in [5.41, 5.74) is 7.02. The number of para-hydroxylation sites is 2. The van der Waals surface area contributed by atoms with Crippen molar-refractivity contribution in [3.05, 3.63) is 59.2 Å². The maximum atomic E-state index is 5.55. The monoisotopic (exact) mass is 327 g/mol. The van der Waals surface area contributed by atoms with E-state index < -0.39 is 0 Å². The van der Waals surface area contributed by atoms with Crippen LogP contribution in [0.15, 0.2) is 47.6 Å². The lowest BCUT2D eigenvalue weighted by atomic mass is 10.1. The van der Waals surface area contributed by atoms with Crippen molar-refractivity contribution >= 4 is 29.2 Å². The molecule has 0 aliphatic heterocycles. The van der Waals surface area contributed by atoms with E-state index in [-0.39, 0.29) is 0 Å². The lowest BCUT2D eigenvalue weighted by Gasteiger charge is -2.12. The number of anilines is 1. The molecule has 5 heteroatoms. The summed E-state index contributed by atoms with van der Waals surface area (Å²) in [6.45, 7) is 6.65. The average Bonchev–Trinajstić information content (AvgIpc) is 2.53. The molecule has 2 aromatic carbocycles. The molecule has 2 N–H and O–H groups in total. The van der Waals surface area contributed by atoms with E-state index in [4.69, 9.17) is 17.0 Å². The van der Waals surface area contributed by atoms with Crippen LogP contribution < -0.4 is 15.5 Å². The first-order chi connectivity index (χ1) is 11.1. The van der Waals surface area contributed by atoms with Crippen molar-refractivity contribution in [2.24, 2.45) is 5.10 Å². The largest absolute Gasteiger partial charge is 0.493 e. The second-order valence-electron chi connectivity index (χ2n) is 5.06. The van der Waals surface area contributed by atoms with Gasteiger partial charge in [-0.1, -0.05) is 30.3 Å². The third kappa shape index (κ3) is 4.79. The van der Waals surface area contributed by atoms with Crippen molar-refractivity contribution in [1.29, 1.82) is 0 Å². The highest BCUT2D eigenvalue weighted by Crippen LogP contribution is 2.19. The Hall–Kier alpha value is -2.40. The van der Waals surface area contributed by atoms with Crippen molar-refractivity contribution in [1.82, 2.24) is 5.43 Å². The normalized spacial score (nSPS) is 10.6. The van der Waals surface area contributed by atoms with Crippen LogP contribution in [0.1, 0.15) is 23.6 Å². The van der Waals surface area contributed by atoms with E-state index in [1.165, 1.54) is 0 Å². The van der Waals surface area contributed by atoms with Gasteiger partial charge in [0.1, 0.15) is 5.75 Å². The Kier molecular flexibility index (Phi) is 6.11. The van der Waals surface area contributed by atoms with Gasteiger partial charge in [-0.25, -0.2) is 0 Å². The summed E-state index contributed by atoms with van der Waals surface area (Å²) in [5.74, 6) is 0.800. The summed E-state index contributed by atoms with van der Waals surface area (Å²) in [4.78, 5) is 0. The van der Waals surface area contributed by atoms with Gasteiger partial charge in [0.05, 0.1) is 12.8 Å². The van der Waals surface area contributed by atoms with Gasteiger partial charge in [0.15, 0.2) is 5.11 Å². The number of nitrogens with zero attached hydrogens (tertiary/aromatic N) is 1. The fourth-order valence-corrected chi connectivity index (χ4v) is 2.34. The molecule has 0 heterocycles. The van der Waals surface area contributed by atoms with Gasteiger partial charge in [-0.3, -0.25) is 5.43 Å². The van der Waals surface area contributed by atoms with Crippen LogP contribution in [0.2, 0.25) is 0 Å². The van der Waals surface area contributed by atoms with Crippen LogP contribution >= 0.6 is 12.2 Å². The Morgan fingerprint density at radius 2 is 1.83 bits per heavy atom. The van der Waals surface area contributed by atoms with Crippen molar-refractivity contribution in [3.63, 3.8) is 0 Å². The van der Waals surface area contributed by atoms with Gasteiger partial charge in [-0.15, -0.1) is 0 Å². The third-order valence-corrected chi connectivity index (χ3v) is 3.50. The quantitative estimate of drug-likeness (QED) is 0.494. The minimum absolute atomic E-state index is 0.451. The second kappa shape index (κ2) is 8.29. The number of benzene rings is 2. The van der Waals surface area contributed by atoms with Crippen LogP contribution in [0.4, 0.5) is 5.69 Å². The van der Waals surface area contributed by atoms with Gasteiger partial charge < -0.3 is 10.1 Å². The highest BCUT2D eigenvalue weighted by atomic mass is 32.1. The highest BCUT2D eigenvalue weighted by molar-refractivity contribution is 7.80. The number of aryl methyl sites for hydroxylation is 2. The molecular formula is C18H21N3OS. The van der Waals surface area contributed by atoms with E-state index in [9.17, 15) is 0 Å². The smallest absolute Gasteiger partial charge is 0.191 e. The molecule has 23 heavy (non-hydrogen) atoms. The van der Waals surface area contributed by atoms with Gasteiger partial charge in [-0.05, 0) is 56.2 Å². The predicted molar refractivity (Wildman–Crippen MR) is 100 cm³/mol. The second-order valence-corrected chi connectivity index (χ2v) is 5.47. The first-order valence-electron chi connectivity index (χ1n) is 7.50. The topological polar surface area (TPSA) is 45.6 Å². The van der Waals surface area contributed by atoms with Gasteiger partial charge in [0.2, 0.25) is 0 Å². The highest BCUT2D eigenvalue weighted by Gasteiger charge is 2.03. The summed E-state index contributed by atoms with van der Waals surface area (Å²) >= 11 is 5.29. The molecule has 2 aromatic rings. The zero-order chi connectivity index (χ0) is 16.7. The molecule has 0 saturated heterocycles. The first kappa shape index (κ1) is 17.0. The number of thiocarbonyl (C=S) groups is 1. The van der Waals surface area contributed by atoms with Crippen molar-refractivity contribution in [2.75, 3.05) is 11.9 Å². The number of hydrazone groups is 1. The Balaban J connectivity index is 1.99. The molecule has 0 amide bonds. The molecular weight excluding hydrogens is 306 g/mol. The number of nitrogens with one attached hydrogen (secondary N) is 2. The van der Waals surface area contributed by atoms with Crippen LogP contribution in [-0.2, 0) is 0 Å². The molecule has 0 saturated carbocycles. The van der Waals surface area contributed by atoms with Crippen LogP contribution in [0.5, 0.6) is 5.75 Å². The molecule has 4 nitrogen and oxygen atoms in total. The Morgan fingerprint density at radius 1 is 1.13 bits per heavy atom. The van der Waals surface area contributed by atoms with Gasteiger partial charge in [0.25, 0.3) is 0 Å². The molecule has 0 bridgehead atoms. The van der Waals surface area contributed by atoms with Crippen molar-refractivity contribution in [3.8, 4) is 5.75 Å². The summed E-state index contributed by atoms with van der Waals surface area (Å²) < 4.78 is 5.55. The fourth-order valence-electron chi connectivity index (χ4n) is 2.19. The van der Waals surface area contributed by atoms with Gasteiger partial charge in [-0.2, -0.15) is 5.10 Å². The number of hydrogen-bond donors (Lipinski definition) is 2. The molecule has 2 rings (SSSR count). The van der Waals surface area contributed by atoms with E-state index in [0.717, 1.165) is 28.1 Å². The Morgan fingerprint density at radius 3 is 2.52 bits per heavy atom. The SMILES string of the molecule is CCOc1ccccc1/C=N/NC(=S)Nc1c(C)cccc1C. The average molecular weight is 327 g/mol. The first-order valence-corrected chi connectivity index (χ1v) is 7.90. The standard InChI is InChI=1S/C18H21N3OS/c1-4-22-16-11-6-5-10-15(16)12-19-21-18(23)20-17-13(2)8-7-9-14(17)3/h5-12H,4H2,1-3H3,(H2,20,21,23)/b19-12+. The molecule has 0 radical (unpaired) electrons. The molecule has 0 unspecified atom stereocenters.